The zero-order valence-corrected chi connectivity index (χ0v) is 26.9. The van der Waals surface area contributed by atoms with E-state index in [1.807, 2.05) is 13.8 Å². The summed E-state index contributed by atoms with van der Waals surface area (Å²) in [6, 6.07) is -3.50. The first-order chi connectivity index (χ1) is 20.1. The Morgan fingerprint density at radius 2 is 1.55 bits per heavy atom. The molecule has 0 radical (unpaired) electrons. The van der Waals surface area contributed by atoms with Crippen LogP contribution in [0.4, 0.5) is 4.79 Å². The molecule has 2 rings (SSSR count). The van der Waals surface area contributed by atoms with E-state index in [0.717, 1.165) is 32.1 Å². The standard InChI is InChI=1S/C24H35N5O5.2C3H8.C2H6/c1-3-5-12-17(20(30)22(32)26-14-4-2)27-21(31)18-13-9-15-29(18)23(33)19(28-24(25)34)16-10-7-6-8-11-16;2*1-3-2;1-2/h1,4,16-19H,2,5-15H2,(H,26,32)(H,27,31)(H3,25,28,34);2*3H2,1-2H3;1-2H3. The summed E-state index contributed by atoms with van der Waals surface area (Å²) in [5.74, 6) is -0.167. The van der Waals surface area contributed by atoms with Gasteiger partial charge in [0.2, 0.25) is 17.6 Å². The molecule has 2 aliphatic rings. The lowest BCUT2D eigenvalue weighted by Crippen LogP contribution is -2.58. The minimum absolute atomic E-state index is 0.0448. The first kappa shape index (κ1) is 40.8. The van der Waals surface area contributed by atoms with Gasteiger partial charge in [-0.05, 0) is 38.0 Å². The SMILES string of the molecule is C#CCCC(NC(=O)C1CCCN1C(=O)C(NC(N)=O)C1CCCCC1)C(=O)C(=O)NCC=C.CC.CCC.CCC. The molecule has 5 amide bonds. The van der Waals surface area contributed by atoms with Crippen molar-refractivity contribution >= 4 is 29.5 Å². The minimum Gasteiger partial charge on any atom is -0.352 e. The topological polar surface area (TPSA) is 151 Å². The lowest BCUT2D eigenvalue weighted by atomic mass is 9.83. The number of hydrogen-bond acceptors (Lipinski definition) is 5. The number of ketones is 1. The third-order valence-electron chi connectivity index (χ3n) is 6.36. The van der Waals surface area contributed by atoms with E-state index in [2.05, 4.69) is 56.1 Å². The summed E-state index contributed by atoms with van der Waals surface area (Å²) >= 11 is 0. The van der Waals surface area contributed by atoms with Crippen molar-refractivity contribution in [3.63, 3.8) is 0 Å². The first-order valence-electron chi connectivity index (χ1n) is 15.7. The predicted molar refractivity (Wildman–Crippen MR) is 169 cm³/mol. The number of urea groups is 1. The first-order valence-corrected chi connectivity index (χ1v) is 15.7. The Bertz CT molecular complexity index is 862. The predicted octanol–water partition coefficient (Wildman–Crippen LogP) is 4.22. The number of rotatable bonds is 11. The number of carbonyl (C=O) groups excluding carboxylic acids is 5. The molecular weight excluding hydrogens is 534 g/mol. The van der Waals surface area contributed by atoms with Crippen LogP contribution in [0.3, 0.4) is 0 Å². The fraction of sp³-hybridized carbons (Fsp3) is 0.719. The monoisotopic (exact) mass is 591 g/mol. The van der Waals surface area contributed by atoms with Gasteiger partial charge in [0, 0.05) is 19.5 Å². The van der Waals surface area contributed by atoms with Gasteiger partial charge in [-0.25, -0.2) is 4.79 Å². The summed E-state index contributed by atoms with van der Waals surface area (Å²) in [5.41, 5.74) is 5.34. The fourth-order valence-corrected chi connectivity index (χ4v) is 4.66. The molecule has 10 heteroatoms. The van der Waals surface area contributed by atoms with Crippen LogP contribution >= 0.6 is 0 Å². The van der Waals surface area contributed by atoms with Crippen LogP contribution in [0.15, 0.2) is 12.7 Å². The third-order valence-corrected chi connectivity index (χ3v) is 6.36. The number of likely N-dealkylation sites (tertiary alicyclic amines) is 1. The van der Waals surface area contributed by atoms with Gasteiger partial charge in [-0.3, -0.25) is 19.2 Å². The molecule has 2 fully saturated rings. The maximum Gasteiger partial charge on any atom is 0.312 e. The highest BCUT2D eigenvalue weighted by Gasteiger charge is 2.41. The van der Waals surface area contributed by atoms with Crippen LogP contribution in [0, 0.1) is 18.3 Å². The smallest absolute Gasteiger partial charge is 0.312 e. The zero-order chi connectivity index (χ0) is 32.5. The second-order valence-corrected chi connectivity index (χ2v) is 10.2. The van der Waals surface area contributed by atoms with E-state index >= 15 is 0 Å². The Morgan fingerprint density at radius 3 is 2.05 bits per heavy atom. The summed E-state index contributed by atoms with van der Waals surface area (Å²) in [6.07, 6.45) is 15.1. The number of carbonyl (C=O) groups is 5. The molecule has 5 N–H and O–H groups in total. The number of nitrogens with zero attached hydrogens (tertiary/aromatic N) is 1. The number of hydrogen-bond donors (Lipinski definition) is 4. The van der Waals surface area contributed by atoms with Gasteiger partial charge in [-0.1, -0.05) is 79.7 Å². The van der Waals surface area contributed by atoms with Crippen LogP contribution in [-0.4, -0.2) is 65.7 Å². The molecule has 0 aromatic rings. The van der Waals surface area contributed by atoms with E-state index in [-0.39, 0.29) is 31.2 Å². The van der Waals surface area contributed by atoms with Crippen molar-refractivity contribution in [2.45, 2.75) is 130 Å². The van der Waals surface area contributed by atoms with Crippen molar-refractivity contribution in [3.05, 3.63) is 12.7 Å². The van der Waals surface area contributed by atoms with E-state index in [0.29, 0.717) is 19.4 Å². The lowest BCUT2D eigenvalue weighted by molar-refractivity contribution is -0.143. The summed E-state index contributed by atoms with van der Waals surface area (Å²) in [4.78, 5) is 64.3. The summed E-state index contributed by atoms with van der Waals surface area (Å²) in [7, 11) is 0. The van der Waals surface area contributed by atoms with E-state index in [1.54, 1.807) is 0 Å². The lowest BCUT2D eigenvalue weighted by Gasteiger charge is -2.34. The highest BCUT2D eigenvalue weighted by Crippen LogP contribution is 2.29. The van der Waals surface area contributed by atoms with Crippen molar-refractivity contribution in [2.24, 2.45) is 11.7 Å². The number of terminal acetylenes is 1. The fourth-order valence-electron chi connectivity index (χ4n) is 4.66. The zero-order valence-electron chi connectivity index (χ0n) is 26.9. The van der Waals surface area contributed by atoms with Crippen molar-refractivity contribution in [1.29, 1.82) is 0 Å². The van der Waals surface area contributed by atoms with Crippen molar-refractivity contribution in [2.75, 3.05) is 13.1 Å². The molecule has 0 spiro atoms. The van der Waals surface area contributed by atoms with E-state index in [1.165, 1.54) is 23.8 Å². The van der Waals surface area contributed by atoms with Crippen LogP contribution in [0.25, 0.3) is 0 Å². The Labute approximate surface area is 254 Å². The maximum absolute atomic E-state index is 13.4. The molecule has 0 bridgehead atoms. The van der Waals surface area contributed by atoms with E-state index in [4.69, 9.17) is 12.2 Å². The van der Waals surface area contributed by atoms with Gasteiger partial charge in [-0.2, -0.15) is 0 Å². The van der Waals surface area contributed by atoms with Crippen molar-refractivity contribution in [1.82, 2.24) is 20.9 Å². The largest absolute Gasteiger partial charge is 0.352 e. The summed E-state index contributed by atoms with van der Waals surface area (Å²) in [6.45, 7) is 16.4. The van der Waals surface area contributed by atoms with Gasteiger partial charge in [0.25, 0.3) is 5.91 Å². The molecule has 0 aromatic heterocycles. The van der Waals surface area contributed by atoms with Crippen molar-refractivity contribution in [3.8, 4) is 12.3 Å². The highest BCUT2D eigenvalue weighted by atomic mass is 16.2. The third kappa shape index (κ3) is 15.6. The molecule has 240 valence electrons. The van der Waals surface area contributed by atoms with E-state index in [9.17, 15) is 24.0 Å². The van der Waals surface area contributed by atoms with Crippen LogP contribution in [-0.2, 0) is 19.2 Å². The molecular formula is C32H57N5O5. The van der Waals surface area contributed by atoms with Crippen LogP contribution < -0.4 is 21.7 Å². The molecule has 0 aromatic carbocycles. The molecule has 1 heterocycles. The van der Waals surface area contributed by atoms with Crippen LogP contribution in [0.1, 0.15) is 112 Å². The number of amides is 5. The molecule has 3 unspecified atom stereocenters. The maximum atomic E-state index is 13.4. The van der Waals surface area contributed by atoms with Gasteiger partial charge < -0.3 is 26.6 Å². The minimum atomic E-state index is -1.11. The molecule has 1 saturated carbocycles. The average molecular weight is 592 g/mol. The number of nitrogens with two attached hydrogens (primary N) is 1. The molecule has 3 atom stereocenters. The highest BCUT2D eigenvalue weighted by molar-refractivity contribution is 6.38. The Kier molecular flexibility index (Phi) is 24.6. The Morgan fingerprint density at radius 1 is 0.976 bits per heavy atom. The molecule has 1 aliphatic carbocycles. The van der Waals surface area contributed by atoms with Crippen LogP contribution in [0.2, 0.25) is 0 Å². The quantitative estimate of drug-likeness (QED) is 0.161. The molecule has 1 aliphatic heterocycles. The van der Waals surface area contributed by atoms with Crippen LogP contribution in [0.5, 0.6) is 0 Å². The number of primary amides is 1. The number of Topliss-reactive ketones (excluding diaryl/α,β-unsaturated/α-hetero) is 1. The van der Waals surface area contributed by atoms with E-state index < -0.39 is 41.8 Å². The van der Waals surface area contributed by atoms with Gasteiger partial charge in [0.1, 0.15) is 12.1 Å². The van der Waals surface area contributed by atoms with Gasteiger partial charge in [0.05, 0.1) is 6.04 Å². The van der Waals surface area contributed by atoms with Gasteiger partial charge in [0.15, 0.2) is 0 Å². The molecule has 1 saturated heterocycles. The second-order valence-electron chi connectivity index (χ2n) is 10.2. The Hall–Kier alpha value is -3.35. The summed E-state index contributed by atoms with van der Waals surface area (Å²) in [5, 5.41) is 7.61. The van der Waals surface area contributed by atoms with Gasteiger partial charge >= 0.3 is 6.03 Å². The average Bonchev–Trinajstić information content (AvgIpc) is 3.48. The second kappa shape index (κ2) is 25.4. The Balaban J connectivity index is 0. The number of nitrogens with one attached hydrogen (secondary N) is 3. The van der Waals surface area contributed by atoms with Gasteiger partial charge in [-0.15, -0.1) is 18.9 Å². The van der Waals surface area contributed by atoms with Crippen molar-refractivity contribution < 1.29 is 24.0 Å². The normalized spacial score (nSPS) is 17.1. The molecule has 10 nitrogen and oxygen atoms in total. The molecule has 42 heavy (non-hydrogen) atoms. The summed E-state index contributed by atoms with van der Waals surface area (Å²) < 4.78 is 0.